The summed E-state index contributed by atoms with van der Waals surface area (Å²) in [5.41, 5.74) is 0.567. The van der Waals surface area contributed by atoms with Crippen molar-refractivity contribution in [3.05, 3.63) is 23.2 Å². The Kier molecular flexibility index (Phi) is 4.81. The van der Waals surface area contributed by atoms with E-state index in [-0.39, 0.29) is 18.2 Å². The number of carbonyl (C=O) groups is 2. The van der Waals surface area contributed by atoms with Crippen molar-refractivity contribution in [1.29, 1.82) is 0 Å². The minimum Gasteiger partial charge on any atom is -0.495 e. The van der Waals surface area contributed by atoms with Crippen molar-refractivity contribution >= 4 is 29.1 Å². The molecule has 0 bridgehead atoms. The predicted octanol–water partition coefficient (Wildman–Crippen LogP) is 0.765. The quantitative estimate of drug-likeness (QED) is 0.767. The van der Waals surface area contributed by atoms with E-state index in [2.05, 4.69) is 16.0 Å². The monoisotopic (exact) mass is 297 g/mol. The van der Waals surface area contributed by atoms with Crippen LogP contribution in [0.15, 0.2) is 18.2 Å². The number of piperazine rings is 1. The minimum absolute atomic E-state index is 0.0789. The number of hydrogen-bond acceptors (Lipinski definition) is 4. The number of benzene rings is 1. The molecule has 1 aromatic carbocycles. The molecule has 7 heteroatoms. The largest absolute Gasteiger partial charge is 0.495 e. The molecule has 1 aliphatic rings. The van der Waals surface area contributed by atoms with Crippen LogP contribution in [0.3, 0.4) is 0 Å². The summed E-state index contributed by atoms with van der Waals surface area (Å²) < 4.78 is 5.03. The molecular weight excluding hydrogens is 282 g/mol. The molecule has 1 aromatic rings. The first kappa shape index (κ1) is 14.6. The van der Waals surface area contributed by atoms with Crippen LogP contribution in [0.25, 0.3) is 0 Å². The van der Waals surface area contributed by atoms with Gasteiger partial charge in [-0.1, -0.05) is 11.6 Å². The van der Waals surface area contributed by atoms with Crippen molar-refractivity contribution in [1.82, 2.24) is 10.6 Å². The van der Waals surface area contributed by atoms with E-state index in [9.17, 15) is 9.59 Å². The topological polar surface area (TPSA) is 79.5 Å². The SMILES string of the molecule is COc1ccc(NC(=O)C[C@H]2NCCNC2=O)cc1Cl. The molecule has 1 fully saturated rings. The number of nitrogens with one attached hydrogen (secondary N) is 3. The molecule has 1 saturated heterocycles. The summed E-state index contributed by atoms with van der Waals surface area (Å²) in [5, 5.41) is 8.82. The molecule has 1 atom stereocenters. The van der Waals surface area contributed by atoms with Crippen LogP contribution in [0.1, 0.15) is 6.42 Å². The van der Waals surface area contributed by atoms with E-state index in [4.69, 9.17) is 16.3 Å². The van der Waals surface area contributed by atoms with E-state index in [0.29, 0.717) is 29.5 Å². The standard InChI is InChI=1S/C13H16ClN3O3/c1-20-11-3-2-8(6-9(11)14)17-12(18)7-10-13(19)16-5-4-15-10/h2-3,6,10,15H,4-5,7H2,1H3,(H,16,19)(H,17,18)/t10-/m1/s1. The number of amides is 2. The first-order chi connectivity index (χ1) is 9.60. The van der Waals surface area contributed by atoms with Crippen molar-refractivity contribution in [2.45, 2.75) is 12.5 Å². The predicted molar refractivity (Wildman–Crippen MR) is 76.1 cm³/mol. The normalized spacial score (nSPS) is 18.3. The Morgan fingerprint density at radius 3 is 2.95 bits per heavy atom. The lowest BCUT2D eigenvalue weighted by Crippen LogP contribution is -2.53. The highest BCUT2D eigenvalue weighted by Gasteiger charge is 2.24. The van der Waals surface area contributed by atoms with E-state index < -0.39 is 6.04 Å². The zero-order valence-corrected chi connectivity index (χ0v) is 11.8. The third-order valence-corrected chi connectivity index (χ3v) is 3.25. The highest BCUT2D eigenvalue weighted by atomic mass is 35.5. The molecule has 0 aromatic heterocycles. The maximum absolute atomic E-state index is 11.9. The maximum atomic E-state index is 11.9. The van der Waals surface area contributed by atoms with Gasteiger partial charge in [0.2, 0.25) is 11.8 Å². The highest BCUT2D eigenvalue weighted by Crippen LogP contribution is 2.27. The molecule has 108 valence electrons. The molecule has 0 saturated carbocycles. The second-order valence-corrected chi connectivity index (χ2v) is 4.81. The Bertz CT molecular complexity index is 522. The van der Waals surface area contributed by atoms with Gasteiger partial charge >= 0.3 is 0 Å². The highest BCUT2D eigenvalue weighted by molar-refractivity contribution is 6.32. The number of methoxy groups -OCH3 is 1. The molecular formula is C13H16ClN3O3. The third kappa shape index (κ3) is 3.61. The summed E-state index contributed by atoms with van der Waals surface area (Å²) in [4.78, 5) is 23.4. The van der Waals surface area contributed by atoms with E-state index in [1.54, 1.807) is 18.2 Å². The van der Waals surface area contributed by atoms with Crippen molar-refractivity contribution < 1.29 is 14.3 Å². The summed E-state index contributed by atoms with van der Waals surface area (Å²) in [6, 6.07) is 4.48. The maximum Gasteiger partial charge on any atom is 0.237 e. The Balaban J connectivity index is 1.94. The van der Waals surface area contributed by atoms with E-state index in [0.717, 1.165) is 0 Å². The van der Waals surface area contributed by atoms with Gasteiger partial charge in [-0.3, -0.25) is 9.59 Å². The van der Waals surface area contributed by atoms with Gasteiger partial charge in [0.25, 0.3) is 0 Å². The van der Waals surface area contributed by atoms with Crippen molar-refractivity contribution in [3.8, 4) is 5.75 Å². The summed E-state index contributed by atoms with van der Waals surface area (Å²) >= 11 is 5.98. The van der Waals surface area contributed by atoms with Gasteiger partial charge in [0.1, 0.15) is 5.75 Å². The molecule has 2 rings (SSSR count). The number of ether oxygens (including phenoxy) is 1. The van der Waals surface area contributed by atoms with Crippen LogP contribution in [-0.4, -0.2) is 38.1 Å². The van der Waals surface area contributed by atoms with Gasteiger partial charge in [0, 0.05) is 18.8 Å². The van der Waals surface area contributed by atoms with Crippen LogP contribution in [0.2, 0.25) is 5.02 Å². The number of carbonyl (C=O) groups excluding carboxylic acids is 2. The number of hydrogen-bond donors (Lipinski definition) is 3. The van der Waals surface area contributed by atoms with Gasteiger partial charge in [-0.15, -0.1) is 0 Å². The lowest BCUT2D eigenvalue weighted by Gasteiger charge is -2.22. The Morgan fingerprint density at radius 1 is 1.50 bits per heavy atom. The lowest BCUT2D eigenvalue weighted by molar-refractivity contribution is -0.127. The van der Waals surface area contributed by atoms with Crippen molar-refractivity contribution in [3.63, 3.8) is 0 Å². The minimum atomic E-state index is -0.488. The molecule has 0 spiro atoms. The third-order valence-electron chi connectivity index (χ3n) is 2.96. The fourth-order valence-corrected chi connectivity index (χ4v) is 2.21. The number of halogens is 1. The van der Waals surface area contributed by atoms with Crippen molar-refractivity contribution in [2.24, 2.45) is 0 Å². The first-order valence-corrected chi connectivity index (χ1v) is 6.62. The number of rotatable bonds is 4. The van der Waals surface area contributed by atoms with E-state index >= 15 is 0 Å². The zero-order chi connectivity index (χ0) is 14.5. The summed E-state index contributed by atoms with van der Waals surface area (Å²) in [6.45, 7) is 1.25. The number of anilines is 1. The van der Waals surface area contributed by atoms with Gasteiger partial charge in [0.05, 0.1) is 24.6 Å². The average Bonchev–Trinajstić information content (AvgIpc) is 2.41. The van der Waals surface area contributed by atoms with Crippen LogP contribution < -0.4 is 20.7 Å². The average molecular weight is 298 g/mol. The molecule has 3 N–H and O–H groups in total. The summed E-state index contributed by atoms with van der Waals surface area (Å²) in [6.07, 6.45) is 0.0789. The summed E-state index contributed by atoms with van der Waals surface area (Å²) in [5.74, 6) is 0.137. The molecule has 6 nitrogen and oxygen atoms in total. The van der Waals surface area contributed by atoms with Crippen LogP contribution in [0.5, 0.6) is 5.75 Å². The Morgan fingerprint density at radius 2 is 2.30 bits per heavy atom. The fraction of sp³-hybridized carbons (Fsp3) is 0.385. The Hall–Kier alpha value is -1.79. The fourth-order valence-electron chi connectivity index (χ4n) is 1.95. The van der Waals surface area contributed by atoms with Gasteiger partial charge in [-0.25, -0.2) is 0 Å². The van der Waals surface area contributed by atoms with Crippen LogP contribution in [0, 0.1) is 0 Å². The van der Waals surface area contributed by atoms with Crippen LogP contribution in [-0.2, 0) is 9.59 Å². The van der Waals surface area contributed by atoms with Crippen LogP contribution in [0.4, 0.5) is 5.69 Å². The van der Waals surface area contributed by atoms with Gasteiger partial charge < -0.3 is 20.7 Å². The van der Waals surface area contributed by atoms with Crippen LogP contribution >= 0.6 is 11.6 Å². The second kappa shape index (κ2) is 6.58. The molecule has 0 unspecified atom stereocenters. The molecule has 0 radical (unpaired) electrons. The molecule has 20 heavy (non-hydrogen) atoms. The molecule has 1 aliphatic heterocycles. The smallest absolute Gasteiger partial charge is 0.237 e. The Labute approximate surface area is 121 Å². The zero-order valence-electron chi connectivity index (χ0n) is 11.0. The lowest BCUT2D eigenvalue weighted by atomic mass is 10.1. The molecule has 1 heterocycles. The first-order valence-electron chi connectivity index (χ1n) is 6.24. The van der Waals surface area contributed by atoms with E-state index in [1.165, 1.54) is 7.11 Å². The summed E-state index contributed by atoms with van der Waals surface area (Å²) in [7, 11) is 1.52. The van der Waals surface area contributed by atoms with E-state index in [1.807, 2.05) is 0 Å². The van der Waals surface area contributed by atoms with Crippen molar-refractivity contribution in [2.75, 3.05) is 25.5 Å². The van der Waals surface area contributed by atoms with Gasteiger partial charge in [-0.2, -0.15) is 0 Å². The second-order valence-electron chi connectivity index (χ2n) is 4.40. The molecule has 0 aliphatic carbocycles. The van der Waals surface area contributed by atoms with Gasteiger partial charge in [-0.05, 0) is 18.2 Å². The molecule has 2 amide bonds. The van der Waals surface area contributed by atoms with Gasteiger partial charge in [0.15, 0.2) is 0 Å².